The van der Waals surface area contributed by atoms with E-state index in [2.05, 4.69) is 20.9 Å². The van der Waals surface area contributed by atoms with Crippen molar-refractivity contribution < 1.29 is 9.90 Å². The molecule has 3 aromatic rings. The third kappa shape index (κ3) is 2.78. The molecule has 24 heavy (non-hydrogen) atoms. The highest BCUT2D eigenvalue weighted by Crippen LogP contribution is 2.37. The fraction of sp³-hybridized carbons (Fsp3) is 0.235. The van der Waals surface area contributed by atoms with Gasteiger partial charge in [-0.2, -0.15) is 0 Å². The fourth-order valence-corrected chi connectivity index (χ4v) is 3.97. The topological polar surface area (TPSA) is 72.2 Å². The Balaban J connectivity index is 2.34. The van der Waals surface area contributed by atoms with Crippen molar-refractivity contribution in [1.29, 1.82) is 0 Å². The molecular weight excluding hydrogens is 392 g/mol. The standard InChI is InChI=1S/C17H15BrN2O3S/c1-3-12-13(10-4-6-11(18)7-5-10)14-15(24-12)19-8-20(16(14)21)9(2)17(22)23/h4-9H,3H2,1-2H3,(H,22,23). The van der Waals surface area contributed by atoms with Gasteiger partial charge in [0.1, 0.15) is 10.9 Å². The summed E-state index contributed by atoms with van der Waals surface area (Å²) in [5.41, 5.74) is 1.47. The molecule has 0 radical (unpaired) electrons. The number of benzene rings is 1. The molecule has 1 unspecified atom stereocenters. The minimum atomic E-state index is -1.06. The molecule has 124 valence electrons. The number of thiophene rings is 1. The molecule has 0 aliphatic rings. The van der Waals surface area contributed by atoms with Gasteiger partial charge in [-0.1, -0.05) is 35.0 Å². The molecule has 0 amide bonds. The zero-order chi connectivity index (χ0) is 17.4. The molecule has 2 heterocycles. The van der Waals surface area contributed by atoms with Crippen LogP contribution in [0, 0.1) is 0 Å². The number of fused-ring (bicyclic) bond motifs is 1. The SMILES string of the molecule is CCc1sc2ncn(C(C)C(=O)O)c(=O)c2c1-c1ccc(Br)cc1. The Morgan fingerprint density at radius 2 is 2.04 bits per heavy atom. The first-order chi connectivity index (χ1) is 11.4. The summed E-state index contributed by atoms with van der Waals surface area (Å²) in [4.78, 5) is 30.2. The highest BCUT2D eigenvalue weighted by atomic mass is 79.9. The number of halogens is 1. The van der Waals surface area contributed by atoms with Gasteiger partial charge in [-0.3, -0.25) is 9.36 Å². The molecule has 0 aliphatic carbocycles. The second-order valence-electron chi connectivity index (χ2n) is 5.41. The van der Waals surface area contributed by atoms with Crippen LogP contribution in [0.15, 0.2) is 39.9 Å². The summed E-state index contributed by atoms with van der Waals surface area (Å²) < 4.78 is 2.14. The van der Waals surface area contributed by atoms with E-state index in [-0.39, 0.29) is 5.56 Å². The number of carbonyl (C=O) groups is 1. The van der Waals surface area contributed by atoms with Crippen molar-refractivity contribution in [1.82, 2.24) is 9.55 Å². The van der Waals surface area contributed by atoms with E-state index in [1.54, 1.807) is 0 Å². The lowest BCUT2D eigenvalue weighted by molar-refractivity contribution is -0.140. The van der Waals surface area contributed by atoms with Crippen LogP contribution in [0.2, 0.25) is 0 Å². The van der Waals surface area contributed by atoms with Gasteiger partial charge in [-0.15, -0.1) is 11.3 Å². The lowest BCUT2D eigenvalue weighted by Crippen LogP contribution is -2.28. The smallest absolute Gasteiger partial charge is 0.326 e. The molecule has 7 heteroatoms. The van der Waals surface area contributed by atoms with Crippen LogP contribution >= 0.6 is 27.3 Å². The summed E-state index contributed by atoms with van der Waals surface area (Å²) in [5.74, 6) is -1.06. The van der Waals surface area contributed by atoms with Crippen molar-refractivity contribution in [2.45, 2.75) is 26.3 Å². The van der Waals surface area contributed by atoms with Gasteiger partial charge in [0.15, 0.2) is 0 Å². The van der Waals surface area contributed by atoms with Crippen molar-refractivity contribution in [3.8, 4) is 11.1 Å². The third-order valence-corrected chi connectivity index (χ3v) is 5.71. The average Bonchev–Trinajstić information content (AvgIpc) is 2.94. The van der Waals surface area contributed by atoms with E-state index in [0.29, 0.717) is 10.2 Å². The Hall–Kier alpha value is -1.99. The molecule has 1 N–H and O–H groups in total. The van der Waals surface area contributed by atoms with E-state index >= 15 is 0 Å². The quantitative estimate of drug-likeness (QED) is 0.707. The zero-order valence-electron chi connectivity index (χ0n) is 13.1. The Bertz CT molecular complexity index is 976. The maximum absolute atomic E-state index is 12.9. The maximum atomic E-state index is 12.9. The number of hydrogen-bond donors (Lipinski definition) is 1. The van der Waals surface area contributed by atoms with Gasteiger partial charge in [0.2, 0.25) is 0 Å². The van der Waals surface area contributed by atoms with Crippen LogP contribution in [0.25, 0.3) is 21.3 Å². The first-order valence-electron chi connectivity index (χ1n) is 7.45. The van der Waals surface area contributed by atoms with Gasteiger partial charge in [-0.05, 0) is 31.0 Å². The second kappa shape index (κ2) is 6.49. The van der Waals surface area contributed by atoms with Gasteiger partial charge >= 0.3 is 5.97 Å². The van der Waals surface area contributed by atoms with Gasteiger partial charge in [-0.25, -0.2) is 9.78 Å². The second-order valence-corrected chi connectivity index (χ2v) is 7.41. The Morgan fingerprint density at radius 3 is 2.62 bits per heavy atom. The number of nitrogens with zero attached hydrogens (tertiary/aromatic N) is 2. The summed E-state index contributed by atoms with van der Waals surface area (Å²) in [5, 5.41) is 9.71. The van der Waals surface area contributed by atoms with Crippen LogP contribution in [0.4, 0.5) is 0 Å². The Labute approximate surface area is 150 Å². The molecule has 0 spiro atoms. The number of aromatic nitrogens is 2. The normalized spacial score (nSPS) is 12.5. The number of hydrogen-bond acceptors (Lipinski definition) is 4. The highest BCUT2D eigenvalue weighted by Gasteiger charge is 2.21. The first kappa shape index (κ1) is 16.9. The largest absolute Gasteiger partial charge is 0.480 e. The van der Waals surface area contributed by atoms with Crippen LogP contribution in [-0.4, -0.2) is 20.6 Å². The highest BCUT2D eigenvalue weighted by molar-refractivity contribution is 9.10. The predicted molar refractivity (Wildman–Crippen MR) is 98.7 cm³/mol. The molecule has 0 saturated heterocycles. The predicted octanol–water partition coefficient (Wildman–Crippen LogP) is 4.10. The van der Waals surface area contributed by atoms with E-state index in [0.717, 1.165) is 26.9 Å². The first-order valence-corrected chi connectivity index (χ1v) is 9.06. The molecule has 0 bridgehead atoms. The lowest BCUT2D eigenvalue weighted by Gasteiger charge is -2.10. The average molecular weight is 407 g/mol. The third-order valence-electron chi connectivity index (χ3n) is 3.94. The molecule has 0 fully saturated rings. The summed E-state index contributed by atoms with van der Waals surface area (Å²) in [6.07, 6.45) is 2.10. The summed E-state index contributed by atoms with van der Waals surface area (Å²) in [7, 11) is 0. The van der Waals surface area contributed by atoms with Gasteiger partial charge < -0.3 is 5.11 Å². The summed E-state index contributed by atoms with van der Waals surface area (Å²) >= 11 is 4.90. The number of aryl methyl sites for hydroxylation is 1. The van der Waals surface area contributed by atoms with E-state index in [1.807, 2.05) is 31.2 Å². The van der Waals surface area contributed by atoms with Crippen LogP contribution < -0.4 is 5.56 Å². The minimum Gasteiger partial charge on any atom is -0.480 e. The van der Waals surface area contributed by atoms with Crippen molar-refractivity contribution in [3.63, 3.8) is 0 Å². The van der Waals surface area contributed by atoms with Crippen LogP contribution in [-0.2, 0) is 11.2 Å². The maximum Gasteiger partial charge on any atom is 0.326 e. The van der Waals surface area contributed by atoms with Crippen molar-refractivity contribution in [2.24, 2.45) is 0 Å². The molecule has 0 aliphatic heterocycles. The summed E-state index contributed by atoms with van der Waals surface area (Å²) in [6, 6.07) is 6.78. The summed E-state index contributed by atoms with van der Waals surface area (Å²) in [6.45, 7) is 3.51. The number of aliphatic carboxylic acids is 1. The molecule has 3 rings (SSSR count). The van der Waals surface area contributed by atoms with Gasteiger partial charge in [0, 0.05) is 14.9 Å². The van der Waals surface area contributed by atoms with Crippen LogP contribution in [0.3, 0.4) is 0 Å². The van der Waals surface area contributed by atoms with E-state index < -0.39 is 12.0 Å². The zero-order valence-corrected chi connectivity index (χ0v) is 15.5. The molecule has 1 aromatic carbocycles. The Morgan fingerprint density at radius 1 is 1.38 bits per heavy atom. The van der Waals surface area contributed by atoms with E-state index in [1.165, 1.54) is 29.2 Å². The lowest BCUT2D eigenvalue weighted by atomic mass is 10.0. The van der Waals surface area contributed by atoms with Crippen LogP contribution in [0.5, 0.6) is 0 Å². The molecule has 2 aromatic heterocycles. The van der Waals surface area contributed by atoms with Crippen LogP contribution in [0.1, 0.15) is 24.8 Å². The minimum absolute atomic E-state index is 0.316. The number of rotatable bonds is 4. The van der Waals surface area contributed by atoms with E-state index in [4.69, 9.17) is 0 Å². The van der Waals surface area contributed by atoms with E-state index in [9.17, 15) is 14.7 Å². The fourth-order valence-electron chi connectivity index (χ4n) is 2.62. The molecule has 0 saturated carbocycles. The Kier molecular flexibility index (Phi) is 4.56. The number of carboxylic acid groups (broad SMARTS) is 1. The van der Waals surface area contributed by atoms with Gasteiger partial charge in [0.05, 0.1) is 11.7 Å². The van der Waals surface area contributed by atoms with Crippen molar-refractivity contribution in [2.75, 3.05) is 0 Å². The van der Waals surface area contributed by atoms with Crippen molar-refractivity contribution >= 4 is 43.5 Å². The molecule has 1 atom stereocenters. The number of carboxylic acids is 1. The monoisotopic (exact) mass is 406 g/mol. The molecule has 5 nitrogen and oxygen atoms in total. The van der Waals surface area contributed by atoms with Crippen molar-refractivity contribution in [3.05, 3.63) is 50.3 Å². The molecular formula is C17H15BrN2O3S. The van der Waals surface area contributed by atoms with Gasteiger partial charge in [0.25, 0.3) is 5.56 Å².